The summed E-state index contributed by atoms with van der Waals surface area (Å²) in [6, 6.07) is 0. The number of hydrogen-bond acceptors (Lipinski definition) is 0. The summed E-state index contributed by atoms with van der Waals surface area (Å²) in [6.45, 7) is 14.7. The smallest absolute Gasteiger partial charge is 0.418 e. The molecule has 6 heteroatoms. The van der Waals surface area contributed by atoms with Gasteiger partial charge in [-0.25, -0.2) is 0 Å². The molecule has 0 rings (SSSR count). The van der Waals surface area contributed by atoms with Crippen molar-refractivity contribution in [2.75, 3.05) is 0 Å². The van der Waals surface area contributed by atoms with Gasteiger partial charge in [-0.1, -0.05) is 0 Å². The van der Waals surface area contributed by atoms with E-state index in [9.17, 15) is 17.3 Å². The molecule has 0 saturated heterocycles. The Hall–Kier alpha value is -0.749. The Morgan fingerprint density at radius 1 is 0.714 bits per heavy atom. The van der Waals surface area contributed by atoms with Gasteiger partial charge in [0.1, 0.15) is 0 Å². The molecule has 0 N–H and O–H groups in total. The molecule has 0 fully saturated rings. The minimum atomic E-state index is -6.00. The third-order valence-electron chi connectivity index (χ3n) is 0.943. The summed E-state index contributed by atoms with van der Waals surface area (Å²) in [4.78, 5) is 0. The summed E-state index contributed by atoms with van der Waals surface area (Å²) in [6.07, 6.45) is 0. The molecule has 0 heterocycles. The first-order chi connectivity index (χ1) is 6.24. The molecule has 0 saturated carbocycles. The van der Waals surface area contributed by atoms with Crippen LogP contribution in [0.2, 0.25) is 0 Å². The zero-order valence-electron chi connectivity index (χ0n) is 7.56. The first-order valence-electron chi connectivity index (χ1n) is 3.28. The standard InChI is InChI=1S/4C2H3.BF4.Co/c4*1-2;2-1(3,4)5;/h4*1H,2H2;;/q;;;;-1;. The fourth-order valence-electron chi connectivity index (χ4n) is 0.333. The minimum Gasteiger partial charge on any atom is -0.418 e. The van der Waals surface area contributed by atoms with Gasteiger partial charge in [0.25, 0.3) is 0 Å². The summed E-state index contributed by atoms with van der Waals surface area (Å²) in [5.74, 6) is 0. The topological polar surface area (TPSA) is 0 Å². The summed E-state index contributed by atoms with van der Waals surface area (Å²) < 4.78 is 39.0. The van der Waals surface area contributed by atoms with E-state index in [-0.39, 0.29) is 0 Å². The van der Waals surface area contributed by atoms with Crippen molar-refractivity contribution in [2.24, 2.45) is 0 Å². The summed E-state index contributed by atoms with van der Waals surface area (Å²) in [7, 11) is -6.00. The number of hydrogen-bond donors (Lipinski definition) is 0. The van der Waals surface area contributed by atoms with Crippen LogP contribution in [0.1, 0.15) is 0 Å². The van der Waals surface area contributed by atoms with Crippen LogP contribution in [0.15, 0.2) is 46.4 Å². The molecular weight excluding hydrogens is 242 g/mol. The molecule has 0 bridgehead atoms. The quantitative estimate of drug-likeness (QED) is 0.525. The second-order valence-electron chi connectivity index (χ2n) is 1.71. The Morgan fingerprint density at radius 2 is 0.857 bits per heavy atom. The second kappa shape index (κ2) is 6.67. The van der Waals surface area contributed by atoms with Crippen molar-refractivity contribution in [3.8, 4) is 0 Å². The Morgan fingerprint density at radius 3 is 0.857 bits per heavy atom. The van der Waals surface area contributed by atoms with Crippen molar-refractivity contribution < 1.29 is 29.9 Å². The van der Waals surface area contributed by atoms with Crippen LogP contribution in [-0.2, 0) is 12.6 Å². The van der Waals surface area contributed by atoms with Crippen LogP contribution in [-0.4, -0.2) is 7.25 Å². The summed E-state index contributed by atoms with van der Waals surface area (Å²) in [5, 5.41) is 7.44. The molecule has 0 aliphatic carbocycles. The van der Waals surface area contributed by atoms with Crippen LogP contribution in [0.3, 0.4) is 0 Å². The van der Waals surface area contributed by atoms with Gasteiger partial charge in [0.05, 0.1) is 0 Å². The van der Waals surface area contributed by atoms with Crippen LogP contribution >= 0.6 is 0 Å². The average molecular weight is 254 g/mol. The van der Waals surface area contributed by atoms with E-state index < -0.39 is 19.9 Å². The van der Waals surface area contributed by atoms with E-state index in [2.05, 4.69) is 26.3 Å². The van der Waals surface area contributed by atoms with E-state index in [0.29, 0.717) is 0 Å². The fourth-order valence-corrected chi connectivity index (χ4v) is 1.37. The first-order valence-corrected chi connectivity index (χ1v) is 5.68. The molecule has 0 aromatic heterocycles. The molecule has 0 spiro atoms. The monoisotopic (exact) mass is 254 g/mol. The maximum absolute atomic E-state index is 9.75. The van der Waals surface area contributed by atoms with E-state index in [0.717, 1.165) is 0 Å². The largest absolute Gasteiger partial charge is 0.673 e. The van der Waals surface area contributed by atoms with Crippen molar-refractivity contribution >= 4 is 7.25 Å². The predicted molar refractivity (Wildman–Crippen MR) is 51.0 cm³/mol. The van der Waals surface area contributed by atoms with Crippen LogP contribution in [0.25, 0.3) is 0 Å². The van der Waals surface area contributed by atoms with E-state index in [1.165, 1.54) is 0 Å². The van der Waals surface area contributed by atoms with Crippen molar-refractivity contribution in [3.63, 3.8) is 0 Å². The van der Waals surface area contributed by atoms with Crippen molar-refractivity contribution in [1.82, 2.24) is 0 Å². The first kappa shape index (κ1) is 15.7. The van der Waals surface area contributed by atoms with Crippen molar-refractivity contribution in [3.05, 3.63) is 46.4 Å². The molecule has 0 aromatic rings. The Kier molecular flexibility index (Phi) is 7.48. The molecule has 0 aromatic carbocycles. The molecule has 85 valence electrons. The van der Waals surface area contributed by atoms with Gasteiger partial charge in [-0.15, -0.1) is 0 Å². The van der Waals surface area contributed by atoms with Gasteiger partial charge < -0.3 is 17.3 Å². The van der Waals surface area contributed by atoms with Gasteiger partial charge in [0.15, 0.2) is 0 Å². The van der Waals surface area contributed by atoms with Gasteiger partial charge in [-0.3, -0.25) is 0 Å². The normalized spacial score (nSPS) is 11.7. The molecule has 0 nitrogen and oxygen atoms in total. The molecule has 0 aliphatic heterocycles. The SMILES string of the molecule is C=[CH][Co]([CH]=C)([CH]=C)[CH]=C.F[B-](F)(F)F. The Bertz CT molecular complexity index is 178. The van der Waals surface area contributed by atoms with Crippen LogP contribution in [0.5, 0.6) is 0 Å². The van der Waals surface area contributed by atoms with Crippen LogP contribution in [0.4, 0.5) is 17.3 Å². The molecule has 0 atom stereocenters. The summed E-state index contributed by atoms with van der Waals surface area (Å²) >= 11 is -1.35. The predicted octanol–water partition coefficient (Wildman–Crippen LogP) is 4.01. The minimum absolute atomic E-state index is 1.35. The Labute approximate surface area is 84.0 Å². The third kappa shape index (κ3) is 9.34. The number of rotatable bonds is 4. The average Bonchev–Trinajstić information content (AvgIpc) is 2.07. The van der Waals surface area contributed by atoms with Gasteiger partial charge in [0.2, 0.25) is 0 Å². The van der Waals surface area contributed by atoms with Crippen LogP contribution in [0, 0.1) is 0 Å². The second-order valence-corrected chi connectivity index (χ2v) is 5.49. The third-order valence-corrected chi connectivity index (χ3v) is 3.89. The number of halogens is 4. The van der Waals surface area contributed by atoms with Crippen LogP contribution < -0.4 is 0 Å². The zero-order valence-corrected chi connectivity index (χ0v) is 8.60. The van der Waals surface area contributed by atoms with E-state index in [1.807, 2.05) is 20.0 Å². The van der Waals surface area contributed by atoms with Gasteiger partial charge >= 0.3 is 66.2 Å². The molecule has 0 unspecified atom stereocenters. The van der Waals surface area contributed by atoms with Crippen molar-refractivity contribution in [2.45, 2.75) is 0 Å². The maximum Gasteiger partial charge on any atom is 0.673 e. The zero-order chi connectivity index (χ0) is 11.8. The van der Waals surface area contributed by atoms with Gasteiger partial charge in [-0.2, -0.15) is 0 Å². The molecule has 0 aliphatic rings. The van der Waals surface area contributed by atoms with E-state index in [4.69, 9.17) is 0 Å². The van der Waals surface area contributed by atoms with Gasteiger partial charge in [0, 0.05) is 0 Å². The van der Waals surface area contributed by atoms with E-state index >= 15 is 0 Å². The Balaban J connectivity index is 0. The molecular formula is C8H12BCoF4-. The molecule has 14 heavy (non-hydrogen) atoms. The van der Waals surface area contributed by atoms with Gasteiger partial charge in [-0.05, 0) is 0 Å². The van der Waals surface area contributed by atoms with E-state index in [1.54, 1.807) is 0 Å². The van der Waals surface area contributed by atoms with Crippen molar-refractivity contribution in [1.29, 1.82) is 0 Å². The fraction of sp³-hybridized carbons (Fsp3) is 0. The maximum atomic E-state index is 9.75. The molecule has 0 amide bonds. The summed E-state index contributed by atoms with van der Waals surface area (Å²) in [5.41, 5.74) is 0. The molecule has 0 radical (unpaired) electrons.